The Hall–Kier alpha value is -3.95. The summed E-state index contributed by atoms with van der Waals surface area (Å²) in [5, 5.41) is 0. The van der Waals surface area contributed by atoms with Gasteiger partial charge in [-0.1, -0.05) is 42.5 Å². The number of anilines is 2. The predicted octanol–water partition coefficient (Wildman–Crippen LogP) is 4.18. The van der Waals surface area contributed by atoms with Crippen LogP contribution in [0.2, 0.25) is 0 Å². The maximum absolute atomic E-state index is 12.6. The van der Waals surface area contributed by atoms with E-state index in [-0.39, 0.29) is 10.7 Å². The topological polar surface area (TPSA) is 87.7 Å². The monoisotopic (exact) mass is 515 g/mol. The highest BCUT2D eigenvalue weighted by Gasteiger charge is 2.19. The molecule has 190 valence electrons. The van der Waals surface area contributed by atoms with Crippen LogP contribution in [0.1, 0.15) is 11.1 Å². The molecule has 0 saturated carbocycles. The number of benzene rings is 3. The fourth-order valence-electron chi connectivity index (χ4n) is 4.28. The molecule has 37 heavy (non-hydrogen) atoms. The predicted molar refractivity (Wildman–Crippen MR) is 144 cm³/mol. The van der Waals surface area contributed by atoms with Crippen molar-refractivity contribution in [2.75, 3.05) is 35.8 Å². The van der Waals surface area contributed by atoms with Gasteiger partial charge in [0.1, 0.15) is 24.5 Å². The number of hydrogen-bond donors (Lipinski definition) is 1. The summed E-state index contributed by atoms with van der Waals surface area (Å²) < 4.78 is 33.7. The van der Waals surface area contributed by atoms with Crippen LogP contribution in [0.25, 0.3) is 0 Å². The first-order valence-corrected chi connectivity index (χ1v) is 13.7. The summed E-state index contributed by atoms with van der Waals surface area (Å²) in [5.74, 6) is 1.12. The molecule has 8 nitrogen and oxygen atoms in total. The lowest BCUT2D eigenvalue weighted by Gasteiger charge is -2.36. The molecule has 5 rings (SSSR count). The van der Waals surface area contributed by atoms with Gasteiger partial charge in [-0.15, -0.1) is 0 Å². The minimum atomic E-state index is -3.71. The minimum absolute atomic E-state index is 0.197. The molecule has 1 aromatic heterocycles. The molecule has 1 saturated heterocycles. The zero-order valence-corrected chi connectivity index (χ0v) is 21.2. The number of nitrogens with zero attached hydrogens (tertiary/aromatic N) is 4. The van der Waals surface area contributed by atoms with E-state index < -0.39 is 10.0 Å². The standard InChI is InChI=1S/C28H29N5O3S/c34-37(35,31-28-13-14-29-22-30-28)27-11-9-25(10-12-27)33-17-15-32(16-18-33)20-24-7-4-8-26(19-24)36-21-23-5-2-1-3-6-23/h1-14,19,22H,15-18,20-21H2,(H,29,30,31). The molecule has 0 amide bonds. The first-order valence-electron chi connectivity index (χ1n) is 12.2. The van der Waals surface area contributed by atoms with E-state index in [4.69, 9.17) is 4.74 Å². The van der Waals surface area contributed by atoms with Gasteiger partial charge >= 0.3 is 0 Å². The van der Waals surface area contributed by atoms with Crippen LogP contribution in [-0.2, 0) is 23.2 Å². The molecule has 1 fully saturated rings. The van der Waals surface area contributed by atoms with Crippen molar-refractivity contribution in [3.8, 4) is 5.75 Å². The summed E-state index contributed by atoms with van der Waals surface area (Å²) in [5.41, 5.74) is 3.39. The van der Waals surface area contributed by atoms with Crippen LogP contribution >= 0.6 is 0 Å². The molecule has 0 unspecified atom stereocenters. The smallest absolute Gasteiger partial charge is 0.263 e. The average Bonchev–Trinajstić information content (AvgIpc) is 2.94. The zero-order chi connectivity index (χ0) is 25.5. The van der Waals surface area contributed by atoms with E-state index in [1.54, 1.807) is 12.1 Å². The number of rotatable bonds is 9. The van der Waals surface area contributed by atoms with Crippen molar-refractivity contribution in [1.29, 1.82) is 0 Å². The van der Waals surface area contributed by atoms with Crippen LogP contribution in [0.3, 0.4) is 0 Å². The Bertz CT molecular complexity index is 1390. The number of hydrogen-bond acceptors (Lipinski definition) is 7. The second kappa shape index (κ2) is 11.4. The van der Waals surface area contributed by atoms with Gasteiger partial charge in [-0.3, -0.25) is 9.62 Å². The number of ether oxygens (including phenoxy) is 1. The van der Waals surface area contributed by atoms with Crippen molar-refractivity contribution >= 4 is 21.5 Å². The van der Waals surface area contributed by atoms with Crippen LogP contribution in [-0.4, -0.2) is 49.5 Å². The molecule has 2 heterocycles. The van der Waals surface area contributed by atoms with Crippen LogP contribution in [0.5, 0.6) is 5.75 Å². The van der Waals surface area contributed by atoms with E-state index in [9.17, 15) is 8.42 Å². The van der Waals surface area contributed by atoms with Gasteiger partial charge in [0, 0.05) is 44.6 Å². The zero-order valence-electron chi connectivity index (χ0n) is 20.4. The average molecular weight is 516 g/mol. The molecule has 1 aliphatic heterocycles. The molecule has 9 heteroatoms. The van der Waals surface area contributed by atoms with Gasteiger partial charge in [0.25, 0.3) is 10.0 Å². The second-order valence-corrected chi connectivity index (χ2v) is 10.6. The third-order valence-electron chi connectivity index (χ3n) is 6.26. The van der Waals surface area contributed by atoms with Crippen molar-refractivity contribution in [3.63, 3.8) is 0 Å². The quantitative estimate of drug-likeness (QED) is 0.358. The lowest BCUT2D eigenvalue weighted by Crippen LogP contribution is -2.45. The lowest BCUT2D eigenvalue weighted by atomic mass is 10.1. The van der Waals surface area contributed by atoms with Gasteiger partial charge in [-0.2, -0.15) is 0 Å². The van der Waals surface area contributed by atoms with Crippen molar-refractivity contribution < 1.29 is 13.2 Å². The SMILES string of the molecule is O=S(=O)(Nc1ccncn1)c1ccc(N2CCN(Cc3cccc(OCc4ccccc4)c3)CC2)cc1. The largest absolute Gasteiger partial charge is 0.489 e. The van der Waals surface area contributed by atoms with E-state index in [1.807, 2.05) is 42.5 Å². The van der Waals surface area contributed by atoms with Crippen molar-refractivity contribution in [2.45, 2.75) is 18.0 Å². The molecule has 1 N–H and O–H groups in total. The highest BCUT2D eigenvalue weighted by atomic mass is 32.2. The molecule has 0 bridgehead atoms. The second-order valence-electron chi connectivity index (χ2n) is 8.88. The summed E-state index contributed by atoms with van der Waals surface area (Å²) in [7, 11) is -3.71. The maximum atomic E-state index is 12.6. The Morgan fingerprint density at radius 3 is 2.32 bits per heavy atom. The van der Waals surface area contributed by atoms with Gasteiger partial charge in [-0.25, -0.2) is 18.4 Å². The van der Waals surface area contributed by atoms with Crippen LogP contribution in [0.4, 0.5) is 11.5 Å². The lowest BCUT2D eigenvalue weighted by molar-refractivity contribution is 0.249. The molecule has 4 aromatic rings. The van der Waals surface area contributed by atoms with Crippen LogP contribution in [0.15, 0.2) is 102 Å². The summed E-state index contributed by atoms with van der Waals surface area (Å²) in [6.45, 7) is 5.00. The maximum Gasteiger partial charge on any atom is 0.263 e. The molecule has 1 aliphatic rings. The first-order chi connectivity index (χ1) is 18.0. The minimum Gasteiger partial charge on any atom is -0.489 e. The van der Waals surface area contributed by atoms with Gasteiger partial charge in [0.2, 0.25) is 0 Å². The van der Waals surface area contributed by atoms with Crippen molar-refractivity contribution in [1.82, 2.24) is 14.9 Å². The van der Waals surface area contributed by atoms with E-state index in [0.717, 1.165) is 49.7 Å². The van der Waals surface area contributed by atoms with E-state index in [1.165, 1.54) is 24.2 Å². The Morgan fingerprint density at radius 1 is 0.838 bits per heavy atom. The van der Waals surface area contributed by atoms with E-state index >= 15 is 0 Å². The van der Waals surface area contributed by atoms with Gasteiger partial charge in [0.05, 0.1) is 4.90 Å². The normalized spacial score (nSPS) is 14.3. The van der Waals surface area contributed by atoms with Gasteiger partial charge in [-0.05, 0) is 53.6 Å². The Balaban J connectivity index is 1.13. The van der Waals surface area contributed by atoms with Gasteiger partial charge < -0.3 is 9.64 Å². The third kappa shape index (κ3) is 6.63. The summed E-state index contributed by atoms with van der Waals surface area (Å²) in [6.07, 6.45) is 2.79. The Kier molecular flexibility index (Phi) is 7.62. The highest BCUT2D eigenvalue weighted by molar-refractivity contribution is 7.92. The Morgan fingerprint density at radius 2 is 1.59 bits per heavy atom. The molecule has 0 radical (unpaired) electrons. The molecular weight excluding hydrogens is 486 g/mol. The van der Waals surface area contributed by atoms with Gasteiger partial charge in [0.15, 0.2) is 0 Å². The summed E-state index contributed by atoms with van der Waals surface area (Å²) in [4.78, 5) is 12.6. The Labute approximate surface area is 217 Å². The van der Waals surface area contributed by atoms with Crippen LogP contribution < -0.4 is 14.4 Å². The third-order valence-corrected chi connectivity index (χ3v) is 7.63. The van der Waals surface area contributed by atoms with E-state index in [0.29, 0.717) is 6.61 Å². The highest BCUT2D eigenvalue weighted by Crippen LogP contribution is 2.22. The summed E-state index contributed by atoms with van der Waals surface area (Å²) in [6, 6.07) is 26.9. The van der Waals surface area contributed by atoms with Crippen molar-refractivity contribution in [2.24, 2.45) is 0 Å². The van der Waals surface area contributed by atoms with E-state index in [2.05, 4.69) is 48.8 Å². The molecule has 0 atom stereocenters. The molecule has 3 aromatic carbocycles. The number of nitrogens with one attached hydrogen (secondary N) is 1. The summed E-state index contributed by atoms with van der Waals surface area (Å²) >= 11 is 0. The van der Waals surface area contributed by atoms with Crippen LogP contribution in [0, 0.1) is 0 Å². The fourth-order valence-corrected chi connectivity index (χ4v) is 5.29. The number of aromatic nitrogens is 2. The first kappa shape index (κ1) is 24.7. The molecule has 0 aliphatic carbocycles. The molecule has 0 spiro atoms. The number of piperazine rings is 1. The van der Waals surface area contributed by atoms with Crippen molar-refractivity contribution in [3.05, 3.63) is 109 Å². The molecular formula is C28H29N5O3S. The fraction of sp³-hybridized carbons (Fsp3) is 0.214. The number of sulfonamides is 1.